The van der Waals surface area contributed by atoms with Crippen molar-refractivity contribution in [1.29, 1.82) is 0 Å². The molecule has 1 aromatic carbocycles. The second kappa shape index (κ2) is 4.44. The molecule has 0 aromatic heterocycles. The first kappa shape index (κ1) is 10.3. The maximum Gasteiger partial charge on any atom is 0.166 e. The average molecular weight is 205 g/mol. The molecule has 0 saturated carbocycles. The van der Waals surface area contributed by atoms with Gasteiger partial charge in [-0.15, -0.1) is 0 Å². The van der Waals surface area contributed by atoms with Gasteiger partial charge < -0.3 is 9.84 Å². The molecule has 72 valence electrons. The van der Waals surface area contributed by atoms with Crippen LogP contribution in [0.25, 0.3) is 0 Å². The molecule has 0 bridgehead atoms. The fraction of sp³-hybridized carbons (Fsp3) is 0.333. The zero-order chi connectivity index (χ0) is 9.84. The highest BCUT2D eigenvalue weighted by atomic mass is 35.5. The lowest BCUT2D eigenvalue weighted by atomic mass is 10.2. The summed E-state index contributed by atoms with van der Waals surface area (Å²) in [7, 11) is 0. The van der Waals surface area contributed by atoms with Gasteiger partial charge in [-0.05, 0) is 19.1 Å². The van der Waals surface area contributed by atoms with Gasteiger partial charge >= 0.3 is 0 Å². The van der Waals surface area contributed by atoms with Crippen LogP contribution in [-0.2, 0) is 6.61 Å². The van der Waals surface area contributed by atoms with E-state index in [9.17, 15) is 4.39 Å². The Morgan fingerprint density at radius 1 is 1.54 bits per heavy atom. The fourth-order valence-corrected chi connectivity index (χ4v) is 1.26. The first-order valence-corrected chi connectivity index (χ1v) is 4.28. The van der Waals surface area contributed by atoms with Crippen LogP contribution < -0.4 is 4.74 Å². The molecule has 0 saturated heterocycles. The van der Waals surface area contributed by atoms with Crippen LogP contribution in [0.15, 0.2) is 12.1 Å². The van der Waals surface area contributed by atoms with Crippen molar-refractivity contribution in [2.24, 2.45) is 0 Å². The Kier molecular flexibility index (Phi) is 3.51. The summed E-state index contributed by atoms with van der Waals surface area (Å²) in [5, 5.41) is 9.14. The van der Waals surface area contributed by atoms with Gasteiger partial charge in [-0.1, -0.05) is 11.6 Å². The van der Waals surface area contributed by atoms with Crippen LogP contribution in [0.5, 0.6) is 5.75 Å². The van der Waals surface area contributed by atoms with E-state index in [4.69, 9.17) is 21.4 Å². The average Bonchev–Trinajstić information content (AvgIpc) is 2.09. The molecule has 13 heavy (non-hydrogen) atoms. The molecule has 1 rings (SSSR count). The van der Waals surface area contributed by atoms with Crippen molar-refractivity contribution in [3.05, 3.63) is 28.5 Å². The van der Waals surface area contributed by atoms with Gasteiger partial charge in [0.2, 0.25) is 0 Å². The number of aliphatic hydroxyl groups excluding tert-OH is 1. The van der Waals surface area contributed by atoms with Crippen LogP contribution in [-0.4, -0.2) is 11.7 Å². The van der Waals surface area contributed by atoms with Crippen molar-refractivity contribution < 1.29 is 14.2 Å². The van der Waals surface area contributed by atoms with E-state index in [1.165, 1.54) is 6.07 Å². The molecule has 0 aliphatic carbocycles. The topological polar surface area (TPSA) is 29.5 Å². The number of aliphatic hydroxyl groups is 1. The number of halogens is 2. The summed E-state index contributed by atoms with van der Waals surface area (Å²) in [4.78, 5) is 0. The third kappa shape index (κ3) is 2.32. The fourth-order valence-electron chi connectivity index (χ4n) is 1.04. The minimum absolute atomic E-state index is 0.0781. The molecule has 2 nitrogen and oxygen atoms in total. The molecule has 1 N–H and O–H groups in total. The van der Waals surface area contributed by atoms with E-state index < -0.39 is 5.82 Å². The number of hydrogen-bond donors (Lipinski definition) is 1. The minimum Gasteiger partial charge on any atom is -0.490 e. The molecule has 0 unspecified atom stereocenters. The summed E-state index contributed by atoms with van der Waals surface area (Å²) >= 11 is 5.59. The summed E-state index contributed by atoms with van der Waals surface area (Å²) in [5.74, 6) is -0.465. The van der Waals surface area contributed by atoms with E-state index in [0.717, 1.165) is 6.07 Å². The van der Waals surface area contributed by atoms with Crippen LogP contribution in [0.2, 0.25) is 5.02 Å². The van der Waals surface area contributed by atoms with Crippen molar-refractivity contribution in [3.63, 3.8) is 0 Å². The Hall–Kier alpha value is -0.800. The first-order valence-electron chi connectivity index (χ1n) is 3.90. The molecule has 0 fully saturated rings. The predicted octanol–water partition coefficient (Wildman–Crippen LogP) is 2.37. The van der Waals surface area contributed by atoms with Gasteiger partial charge in [0.25, 0.3) is 0 Å². The lowest BCUT2D eigenvalue weighted by Crippen LogP contribution is -1.99. The van der Waals surface area contributed by atoms with Gasteiger partial charge in [-0.3, -0.25) is 0 Å². The molecule has 4 heteroatoms. The Bertz CT molecular complexity index is 302. The number of rotatable bonds is 3. The highest BCUT2D eigenvalue weighted by Gasteiger charge is 2.10. The van der Waals surface area contributed by atoms with E-state index >= 15 is 0 Å². The predicted molar refractivity (Wildman–Crippen MR) is 48.5 cm³/mol. The summed E-state index contributed by atoms with van der Waals surface area (Å²) < 4.78 is 18.2. The maximum absolute atomic E-state index is 13.2. The van der Waals surface area contributed by atoms with Crippen molar-refractivity contribution in [2.45, 2.75) is 13.5 Å². The Balaban J connectivity index is 3.13. The van der Waals surface area contributed by atoms with E-state index in [0.29, 0.717) is 12.2 Å². The lowest BCUT2D eigenvalue weighted by molar-refractivity contribution is 0.261. The lowest BCUT2D eigenvalue weighted by Gasteiger charge is -2.09. The summed E-state index contributed by atoms with van der Waals surface area (Å²) in [6, 6.07) is 2.64. The standard InChI is InChI=1S/C9H10ClFO2/c1-2-13-9-6(5-12)3-7(10)4-8(9)11/h3-4,12H,2,5H2,1H3. The minimum atomic E-state index is -0.543. The summed E-state index contributed by atoms with van der Waals surface area (Å²) in [6.45, 7) is 1.81. The zero-order valence-electron chi connectivity index (χ0n) is 7.18. The van der Waals surface area contributed by atoms with E-state index in [1.54, 1.807) is 6.92 Å². The SMILES string of the molecule is CCOc1c(F)cc(Cl)cc1CO. The van der Waals surface area contributed by atoms with Crippen LogP contribution in [0, 0.1) is 5.82 Å². The van der Waals surface area contributed by atoms with Gasteiger partial charge in [-0.2, -0.15) is 0 Å². The van der Waals surface area contributed by atoms with Crippen LogP contribution >= 0.6 is 11.6 Å². The van der Waals surface area contributed by atoms with Crippen LogP contribution in [0.1, 0.15) is 12.5 Å². The van der Waals surface area contributed by atoms with Crippen LogP contribution in [0.4, 0.5) is 4.39 Å². The first-order chi connectivity index (χ1) is 6.19. The summed E-state index contributed by atoms with van der Waals surface area (Å²) in [5.41, 5.74) is 0.367. The molecule has 0 amide bonds. The third-order valence-electron chi connectivity index (χ3n) is 1.54. The van der Waals surface area contributed by atoms with Crippen molar-refractivity contribution in [1.82, 2.24) is 0 Å². The molecular formula is C9H10ClFO2. The molecular weight excluding hydrogens is 195 g/mol. The van der Waals surface area contributed by atoms with E-state index in [2.05, 4.69) is 0 Å². The highest BCUT2D eigenvalue weighted by Crippen LogP contribution is 2.26. The molecule has 0 atom stereocenters. The Labute approximate surface area is 80.9 Å². The molecule has 0 heterocycles. The van der Waals surface area contributed by atoms with Gasteiger partial charge in [0.15, 0.2) is 11.6 Å². The third-order valence-corrected chi connectivity index (χ3v) is 1.76. The van der Waals surface area contributed by atoms with Crippen molar-refractivity contribution in [3.8, 4) is 5.75 Å². The van der Waals surface area contributed by atoms with Gasteiger partial charge in [-0.25, -0.2) is 4.39 Å². The molecule has 0 aliphatic rings. The smallest absolute Gasteiger partial charge is 0.166 e. The Morgan fingerprint density at radius 3 is 2.77 bits per heavy atom. The van der Waals surface area contributed by atoms with E-state index in [1.807, 2.05) is 0 Å². The highest BCUT2D eigenvalue weighted by molar-refractivity contribution is 6.30. The summed E-state index contributed by atoms with van der Waals surface area (Å²) in [6.07, 6.45) is 0. The second-order valence-corrected chi connectivity index (χ2v) is 2.90. The normalized spacial score (nSPS) is 10.2. The number of hydrogen-bond acceptors (Lipinski definition) is 2. The second-order valence-electron chi connectivity index (χ2n) is 2.47. The molecule has 1 aromatic rings. The van der Waals surface area contributed by atoms with Crippen LogP contribution in [0.3, 0.4) is 0 Å². The number of benzene rings is 1. The molecule has 0 aliphatic heterocycles. The zero-order valence-corrected chi connectivity index (χ0v) is 7.94. The van der Waals surface area contributed by atoms with E-state index in [-0.39, 0.29) is 17.4 Å². The monoisotopic (exact) mass is 204 g/mol. The molecule has 0 radical (unpaired) electrons. The van der Waals surface area contributed by atoms with Crippen molar-refractivity contribution in [2.75, 3.05) is 6.61 Å². The van der Waals surface area contributed by atoms with Gasteiger partial charge in [0.05, 0.1) is 13.2 Å². The quantitative estimate of drug-likeness (QED) is 0.819. The Morgan fingerprint density at radius 2 is 2.23 bits per heavy atom. The number of ether oxygens (including phenoxy) is 1. The van der Waals surface area contributed by atoms with Gasteiger partial charge in [0.1, 0.15) is 0 Å². The maximum atomic E-state index is 13.2. The largest absolute Gasteiger partial charge is 0.490 e. The molecule has 0 spiro atoms. The van der Waals surface area contributed by atoms with Crippen molar-refractivity contribution >= 4 is 11.6 Å². The van der Waals surface area contributed by atoms with Gasteiger partial charge in [0, 0.05) is 10.6 Å².